The van der Waals surface area contributed by atoms with Crippen molar-refractivity contribution in [2.24, 2.45) is 11.8 Å². The molecule has 17 heavy (non-hydrogen) atoms. The monoisotopic (exact) mass is 245 g/mol. The number of para-hydroxylation sites is 1. The van der Waals surface area contributed by atoms with Crippen molar-refractivity contribution >= 4 is 26.7 Å². The highest BCUT2D eigenvalue weighted by Crippen LogP contribution is 2.34. The van der Waals surface area contributed by atoms with Crippen molar-refractivity contribution < 1.29 is 0 Å². The van der Waals surface area contributed by atoms with Crippen LogP contribution >= 0.6 is 11.3 Å². The van der Waals surface area contributed by atoms with Gasteiger partial charge in [-0.1, -0.05) is 23.5 Å². The largest absolute Gasteiger partial charge is 0.347 e. The number of benzene rings is 1. The maximum absolute atomic E-state index is 4.75. The first-order chi connectivity index (χ1) is 8.40. The van der Waals surface area contributed by atoms with Crippen molar-refractivity contribution in [1.82, 2.24) is 10.3 Å². The lowest BCUT2D eigenvalue weighted by atomic mass is 10.0. The number of rotatable bonds is 1. The Bertz CT molecular complexity index is 505. The van der Waals surface area contributed by atoms with Crippen LogP contribution in [-0.2, 0) is 0 Å². The van der Waals surface area contributed by atoms with E-state index in [1.807, 2.05) is 11.3 Å². The number of anilines is 1. The zero-order valence-corrected chi connectivity index (χ0v) is 10.4. The van der Waals surface area contributed by atoms with Crippen LogP contribution < -0.4 is 10.2 Å². The molecule has 2 aliphatic heterocycles. The van der Waals surface area contributed by atoms with E-state index in [1.54, 1.807) is 0 Å². The fourth-order valence-corrected chi connectivity index (χ4v) is 3.99. The Morgan fingerprint density at radius 3 is 2.71 bits per heavy atom. The number of hydrogen-bond donors (Lipinski definition) is 1. The molecule has 0 saturated carbocycles. The highest BCUT2D eigenvalue weighted by atomic mass is 32.1. The summed E-state index contributed by atoms with van der Waals surface area (Å²) in [5, 5.41) is 4.69. The van der Waals surface area contributed by atoms with E-state index in [4.69, 9.17) is 4.98 Å². The standard InChI is InChI=1S/C13H15N3S/c1-2-4-12-11(3-1)15-13(17-12)16-7-9-5-14-6-10(9)8-16/h1-4,9-10,14H,5-8H2/t9-,10+. The van der Waals surface area contributed by atoms with Crippen LogP contribution in [-0.4, -0.2) is 31.2 Å². The molecule has 0 bridgehead atoms. The van der Waals surface area contributed by atoms with E-state index >= 15 is 0 Å². The smallest absolute Gasteiger partial charge is 0.186 e. The van der Waals surface area contributed by atoms with Crippen molar-refractivity contribution in [3.05, 3.63) is 24.3 Å². The number of hydrogen-bond acceptors (Lipinski definition) is 4. The van der Waals surface area contributed by atoms with E-state index in [2.05, 4.69) is 34.5 Å². The van der Waals surface area contributed by atoms with E-state index in [0.717, 1.165) is 17.4 Å². The lowest BCUT2D eigenvalue weighted by molar-refractivity contribution is 0.533. The Kier molecular flexibility index (Phi) is 2.13. The molecule has 2 aliphatic rings. The van der Waals surface area contributed by atoms with Crippen molar-refractivity contribution in [2.75, 3.05) is 31.1 Å². The third-order valence-corrected chi connectivity index (χ3v) is 5.04. The van der Waals surface area contributed by atoms with Gasteiger partial charge in [0.25, 0.3) is 0 Å². The molecular weight excluding hydrogens is 230 g/mol. The maximum Gasteiger partial charge on any atom is 0.186 e. The predicted octanol–water partition coefficient (Wildman–Crippen LogP) is 1.95. The third kappa shape index (κ3) is 1.55. The van der Waals surface area contributed by atoms with Crippen molar-refractivity contribution in [1.29, 1.82) is 0 Å². The Hall–Kier alpha value is -1.13. The summed E-state index contributed by atoms with van der Waals surface area (Å²) in [6.45, 7) is 4.73. The van der Waals surface area contributed by atoms with Crippen molar-refractivity contribution in [2.45, 2.75) is 0 Å². The summed E-state index contributed by atoms with van der Waals surface area (Å²) in [7, 11) is 0. The molecule has 88 valence electrons. The van der Waals surface area contributed by atoms with Gasteiger partial charge in [0.05, 0.1) is 10.2 Å². The summed E-state index contributed by atoms with van der Waals surface area (Å²) in [4.78, 5) is 7.22. The van der Waals surface area contributed by atoms with Gasteiger partial charge < -0.3 is 10.2 Å². The quantitative estimate of drug-likeness (QED) is 0.832. The molecule has 0 radical (unpaired) electrons. The first-order valence-electron chi connectivity index (χ1n) is 6.21. The van der Waals surface area contributed by atoms with E-state index in [-0.39, 0.29) is 0 Å². The van der Waals surface area contributed by atoms with Gasteiger partial charge in [0.1, 0.15) is 0 Å². The molecule has 3 nitrogen and oxygen atoms in total. The lowest BCUT2D eigenvalue weighted by Gasteiger charge is -2.15. The van der Waals surface area contributed by atoms with Crippen LogP contribution in [0.4, 0.5) is 5.13 Å². The molecule has 2 saturated heterocycles. The van der Waals surface area contributed by atoms with Crippen LogP contribution in [0.3, 0.4) is 0 Å². The van der Waals surface area contributed by atoms with E-state index in [9.17, 15) is 0 Å². The average molecular weight is 245 g/mol. The third-order valence-electron chi connectivity index (χ3n) is 3.94. The van der Waals surface area contributed by atoms with E-state index in [1.165, 1.54) is 36.0 Å². The van der Waals surface area contributed by atoms with Gasteiger partial charge in [0.15, 0.2) is 5.13 Å². The van der Waals surface area contributed by atoms with Gasteiger partial charge in [-0.05, 0) is 24.0 Å². The number of fused-ring (bicyclic) bond motifs is 2. The van der Waals surface area contributed by atoms with Gasteiger partial charge in [-0.2, -0.15) is 0 Å². The van der Waals surface area contributed by atoms with Gasteiger partial charge in [-0.25, -0.2) is 4.98 Å². The molecular formula is C13H15N3S. The Morgan fingerprint density at radius 1 is 1.18 bits per heavy atom. The summed E-state index contributed by atoms with van der Waals surface area (Å²) in [5.74, 6) is 1.67. The van der Waals surface area contributed by atoms with Gasteiger partial charge in [0.2, 0.25) is 0 Å². The summed E-state index contributed by atoms with van der Waals surface area (Å²) >= 11 is 1.83. The van der Waals surface area contributed by atoms with Gasteiger partial charge in [0, 0.05) is 26.2 Å². The normalized spacial score (nSPS) is 27.9. The molecule has 1 aromatic carbocycles. The van der Waals surface area contributed by atoms with Crippen LogP contribution in [0, 0.1) is 11.8 Å². The molecule has 2 fully saturated rings. The minimum atomic E-state index is 0.835. The molecule has 2 atom stereocenters. The summed E-state index contributed by atoms with van der Waals surface area (Å²) < 4.78 is 1.30. The second-order valence-corrected chi connectivity index (χ2v) is 6.06. The van der Waals surface area contributed by atoms with Crippen LogP contribution in [0.1, 0.15) is 0 Å². The molecule has 4 heteroatoms. The minimum absolute atomic E-state index is 0.835. The fourth-order valence-electron chi connectivity index (χ4n) is 3.01. The molecule has 0 spiro atoms. The highest BCUT2D eigenvalue weighted by Gasteiger charge is 2.37. The molecule has 2 aromatic rings. The molecule has 0 unspecified atom stereocenters. The Balaban J connectivity index is 1.66. The molecule has 4 rings (SSSR count). The molecule has 1 aromatic heterocycles. The van der Waals surface area contributed by atoms with E-state index < -0.39 is 0 Å². The second kappa shape index (κ2) is 3.68. The first kappa shape index (κ1) is 9.85. The lowest BCUT2D eigenvalue weighted by Crippen LogP contribution is -2.25. The van der Waals surface area contributed by atoms with Gasteiger partial charge in [-0.3, -0.25) is 0 Å². The predicted molar refractivity (Wildman–Crippen MR) is 71.7 cm³/mol. The SMILES string of the molecule is c1ccc2sc(N3C[C@H]4CNC[C@H]4C3)nc2c1. The van der Waals surface area contributed by atoms with Crippen molar-refractivity contribution in [3.8, 4) is 0 Å². The number of nitrogens with zero attached hydrogens (tertiary/aromatic N) is 2. The molecule has 1 N–H and O–H groups in total. The zero-order chi connectivity index (χ0) is 11.2. The fraction of sp³-hybridized carbons (Fsp3) is 0.462. The van der Waals surface area contributed by atoms with Crippen LogP contribution in [0.2, 0.25) is 0 Å². The first-order valence-corrected chi connectivity index (χ1v) is 7.03. The average Bonchev–Trinajstić information content (AvgIpc) is 3.01. The Morgan fingerprint density at radius 2 is 1.94 bits per heavy atom. The minimum Gasteiger partial charge on any atom is -0.347 e. The van der Waals surface area contributed by atoms with Gasteiger partial charge >= 0.3 is 0 Å². The molecule has 0 amide bonds. The summed E-state index contributed by atoms with van der Waals surface area (Å²) in [5.41, 5.74) is 1.14. The van der Waals surface area contributed by atoms with Gasteiger partial charge in [-0.15, -0.1) is 0 Å². The van der Waals surface area contributed by atoms with Crippen LogP contribution in [0.25, 0.3) is 10.2 Å². The Labute approximate surface area is 104 Å². The van der Waals surface area contributed by atoms with Crippen molar-refractivity contribution in [3.63, 3.8) is 0 Å². The summed E-state index contributed by atoms with van der Waals surface area (Å²) in [6, 6.07) is 8.42. The van der Waals surface area contributed by atoms with Crippen LogP contribution in [0.15, 0.2) is 24.3 Å². The second-order valence-electron chi connectivity index (χ2n) is 5.05. The zero-order valence-electron chi connectivity index (χ0n) is 9.60. The topological polar surface area (TPSA) is 28.2 Å². The van der Waals surface area contributed by atoms with Crippen LogP contribution in [0.5, 0.6) is 0 Å². The number of aromatic nitrogens is 1. The van der Waals surface area contributed by atoms with E-state index in [0.29, 0.717) is 0 Å². The maximum atomic E-state index is 4.75. The molecule has 0 aliphatic carbocycles. The molecule has 3 heterocycles. The number of thiazole rings is 1. The number of nitrogens with one attached hydrogen (secondary N) is 1. The summed E-state index contributed by atoms with van der Waals surface area (Å²) in [6.07, 6.45) is 0. The highest BCUT2D eigenvalue weighted by molar-refractivity contribution is 7.22.